The van der Waals surface area contributed by atoms with Crippen LogP contribution in [0, 0.1) is 0 Å². The number of fused-ring (bicyclic) bond motifs is 1. The Morgan fingerprint density at radius 3 is 2.58 bits per heavy atom. The summed E-state index contributed by atoms with van der Waals surface area (Å²) in [6, 6.07) is 14.3. The number of carbonyl (C=O) groups is 1. The van der Waals surface area contributed by atoms with Crippen LogP contribution in [0.15, 0.2) is 58.3 Å². The fraction of sp³-hybridized carbons (Fsp3) is 0.150. The first-order valence-corrected chi connectivity index (χ1v) is 8.41. The number of carbonyl (C=O) groups excluding carboxylic acids is 1. The van der Waals surface area contributed by atoms with E-state index in [1.807, 2.05) is 0 Å². The van der Waals surface area contributed by atoms with Gasteiger partial charge in [0.15, 0.2) is 0 Å². The van der Waals surface area contributed by atoms with Crippen LogP contribution in [-0.4, -0.2) is 28.3 Å². The topological polar surface area (TPSA) is 94.5 Å². The number of hydrogen-bond acceptors (Lipinski definition) is 4. The van der Waals surface area contributed by atoms with Crippen LogP contribution in [-0.2, 0) is 0 Å². The molecule has 6 nitrogen and oxygen atoms in total. The molecule has 0 atom stereocenters. The summed E-state index contributed by atoms with van der Waals surface area (Å²) in [7, 11) is 0. The van der Waals surface area contributed by atoms with Gasteiger partial charge in [-0.05, 0) is 31.0 Å². The molecule has 130 valence electrons. The lowest BCUT2D eigenvalue weighted by molar-refractivity contribution is 0.0952. The fourth-order valence-corrected chi connectivity index (χ4v) is 2.82. The largest absolute Gasteiger partial charge is 0.494 e. The number of aliphatic imine (C=N–C) groups is 1. The Hall–Kier alpha value is -3.41. The minimum atomic E-state index is -0.362. The van der Waals surface area contributed by atoms with E-state index in [-0.39, 0.29) is 23.4 Å². The first-order valence-electron chi connectivity index (χ1n) is 8.41. The number of aromatic nitrogens is 1. The molecule has 2 aromatic carbocycles. The summed E-state index contributed by atoms with van der Waals surface area (Å²) in [6.07, 6.45) is 3.49. The van der Waals surface area contributed by atoms with Gasteiger partial charge >= 0.3 is 0 Å². The molecule has 1 aromatic heterocycles. The molecule has 1 aliphatic carbocycles. The van der Waals surface area contributed by atoms with Gasteiger partial charge in [-0.3, -0.25) is 19.6 Å². The minimum absolute atomic E-state index is 0.157. The average Bonchev–Trinajstić information content (AvgIpc) is 3.46. The van der Waals surface area contributed by atoms with Crippen LogP contribution in [0.1, 0.15) is 28.8 Å². The van der Waals surface area contributed by atoms with Gasteiger partial charge in [-0.1, -0.05) is 30.3 Å². The molecular formula is C20H17N3O3. The molecule has 26 heavy (non-hydrogen) atoms. The van der Waals surface area contributed by atoms with Crippen LogP contribution < -0.4 is 10.9 Å². The summed E-state index contributed by atoms with van der Waals surface area (Å²) in [6.45, 7) is 0. The summed E-state index contributed by atoms with van der Waals surface area (Å²) in [4.78, 5) is 31.2. The summed E-state index contributed by atoms with van der Waals surface area (Å²) in [5, 5.41) is 14.2. The number of pyridine rings is 1. The lowest BCUT2D eigenvalue weighted by Gasteiger charge is -2.07. The Morgan fingerprint density at radius 2 is 1.81 bits per heavy atom. The molecule has 1 heterocycles. The van der Waals surface area contributed by atoms with Crippen molar-refractivity contribution >= 4 is 28.6 Å². The lowest BCUT2D eigenvalue weighted by Crippen LogP contribution is -2.25. The number of aromatic amines is 1. The zero-order chi connectivity index (χ0) is 18.1. The van der Waals surface area contributed by atoms with Crippen LogP contribution in [0.3, 0.4) is 0 Å². The van der Waals surface area contributed by atoms with E-state index in [9.17, 15) is 14.7 Å². The highest BCUT2D eigenvalue weighted by molar-refractivity contribution is 6.04. The van der Waals surface area contributed by atoms with Crippen LogP contribution in [0.25, 0.3) is 10.8 Å². The van der Waals surface area contributed by atoms with E-state index < -0.39 is 0 Å². The maximum atomic E-state index is 12.4. The Labute approximate surface area is 149 Å². The molecule has 6 heteroatoms. The van der Waals surface area contributed by atoms with Crippen molar-refractivity contribution in [1.29, 1.82) is 0 Å². The number of aromatic hydroxyl groups is 1. The Bertz CT molecular complexity index is 1080. The standard InChI is InChI=1S/C20H17N3O3/c24-18-14-6-2-1-5-13(14)16(20(26)23-18)11-21-17-8-4-3-7-15(17)19(25)22-12-9-10-12/h1-8,11-12H,9-10H2,(H,22,25)(H2,23,24,26). The maximum Gasteiger partial charge on any atom is 0.258 e. The average molecular weight is 347 g/mol. The van der Waals surface area contributed by atoms with Crippen LogP contribution in [0.5, 0.6) is 5.88 Å². The van der Waals surface area contributed by atoms with Crippen LogP contribution >= 0.6 is 0 Å². The van der Waals surface area contributed by atoms with Gasteiger partial charge in [0, 0.05) is 23.0 Å². The number of nitrogens with one attached hydrogen (secondary N) is 2. The molecule has 1 aliphatic rings. The number of benzene rings is 2. The molecule has 3 N–H and O–H groups in total. The first kappa shape index (κ1) is 16.1. The second kappa shape index (κ2) is 6.48. The number of amides is 1. The third-order valence-corrected chi connectivity index (χ3v) is 4.34. The van der Waals surface area contributed by atoms with Crippen molar-refractivity contribution in [2.24, 2.45) is 4.99 Å². The number of para-hydroxylation sites is 1. The summed E-state index contributed by atoms with van der Waals surface area (Å²) in [5.41, 5.74) is 1.02. The van der Waals surface area contributed by atoms with E-state index in [0.717, 1.165) is 12.8 Å². The second-order valence-corrected chi connectivity index (χ2v) is 6.29. The fourth-order valence-electron chi connectivity index (χ4n) is 2.82. The summed E-state index contributed by atoms with van der Waals surface area (Å²) >= 11 is 0. The molecule has 0 saturated heterocycles. The normalized spacial score (nSPS) is 14.0. The lowest BCUT2D eigenvalue weighted by atomic mass is 10.1. The molecule has 0 bridgehead atoms. The first-order chi connectivity index (χ1) is 12.6. The third kappa shape index (κ3) is 3.09. The SMILES string of the molecule is O=C(NC1CC1)c1ccccc1N=Cc1c(O)[nH]c(=O)c2ccccc12. The van der Waals surface area contributed by atoms with Crippen LogP contribution in [0.2, 0.25) is 0 Å². The number of hydrogen-bond donors (Lipinski definition) is 3. The van der Waals surface area contributed by atoms with Gasteiger partial charge in [0.1, 0.15) is 0 Å². The van der Waals surface area contributed by atoms with Gasteiger partial charge in [-0.15, -0.1) is 0 Å². The van der Waals surface area contributed by atoms with Crippen molar-refractivity contribution in [2.75, 3.05) is 0 Å². The van der Waals surface area contributed by atoms with Gasteiger partial charge in [-0.2, -0.15) is 0 Å². The van der Waals surface area contributed by atoms with E-state index in [1.165, 1.54) is 6.21 Å². The van der Waals surface area contributed by atoms with Gasteiger partial charge in [0.05, 0.1) is 16.8 Å². The molecule has 0 aliphatic heterocycles. The molecule has 1 saturated carbocycles. The van der Waals surface area contributed by atoms with Crippen molar-refractivity contribution in [3.63, 3.8) is 0 Å². The molecule has 4 rings (SSSR count). The Morgan fingerprint density at radius 1 is 1.12 bits per heavy atom. The quantitative estimate of drug-likeness (QED) is 0.633. The van der Waals surface area contributed by atoms with Crippen molar-refractivity contribution in [3.8, 4) is 5.88 Å². The Kier molecular flexibility index (Phi) is 4.01. The highest BCUT2D eigenvalue weighted by atomic mass is 16.3. The molecule has 0 radical (unpaired) electrons. The van der Waals surface area contributed by atoms with Gasteiger partial charge < -0.3 is 10.4 Å². The Balaban J connectivity index is 1.75. The molecule has 1 fully saturated rings. The number of rotatable bonds is 4. The highest BCUT2D eigenvalue weighted by Gasteiger charge is 2.24. The zero-order valence-electron chi connectivity index (χ0n) is 13.9. The maximum absolute atomic E-state index is 12.4. The molecule has 1 amide bonds. The van der Waals surface area contributed by atoms with E-state index in [1.54, 1.807) is 48.5 Å². The van der Waals surface area contributed by atoms with Crippen LogP contribution in [0.4, 0.5) is 5.69 Å². The predicted molar refractivity (Wildman–Crippen MR) is 100 cm³/mol. The van der Waals surface area contributed by atoms with E-state index in [0.29, 0.717) is 27.6 Å². The second-order valence-electron chi connectivity index (χ2n) is 6.29. The van der Waals surface area contributed by atoms with E-state index in [4.69, 9.17) is 0 Å². The third-order valence-electron chi connectivity index (χ3n) is 4.34. The van der Waals surface area contributed by atoms with Gasteiger partial charge in [-0.25, -0.2) is 0 Å². The smallest absolute Gasteiger partial charge is 0.258 e. The van der Waals surface area contributed by atoms with E-state index in [2.05, 4.69) is 15.3 Å². The summed E-state index contributed by atoms with van der Waals surface area (Å²) in [5.74, 6) is -0.409. The van der Waals surface area contributed by atoms with Crippen molar-refractivity contribution in [3.05, 3.63) is 70.0 Å². The highest BCUT2D eigenvalue weighted by Crippen LogP contribution is 2.25. The van der Waals surface area contributed by atoms with E-state index >= 15 is 0 Å². The number of H-pyrrole nitrogens is 1. The molecule has 0 unspecified atom stereocenters. The molecule has 3 aromatic rings. The monoisotopic (exact) mass is 347 g/mol. The number of nitrogens with zero attached hydrogens (tertiary/aromatic N) is 1. The van der Waals surface area contributed by atoms with Gasteiger partial charge in [0.2, 0.25) is 5.88 Å². The summed E-state index contributed by atoms with van der Waals surface area (Å²) < 4.78 is 0. The molecule has 0 spiro atoms. The van der Waals surface area contributed by atoms with Crippen molar-refractivity contribution in [1.82, 2.24) is 10.3 Å². The molecular weight excluding hydrogens is 330 g/mol. The zero-order valence-corrected chi connectivity index (χ0v) is 13.9. The predicted octanol–water partition coefficient (Wildman–Crippen LogP) is 2.88. The van der Waals surface area contributed by atoms with Gasteiger partial charge in [0.25, 0.3) is 11.5 Å². The minimum Gasteiger partial charge on any atom is -0.494 e. The van der Waals surface area contributed by atoms with Crippen molar-refractivity contribution in [2.45, 2.75) is 18.9 Å². The van der Waals surface area contributed by atoms with Crippen molar-refractivity contribution < 1.29 is 9.90 Å².